The first-order valence-corrected chi connectivity index (χ1v) is 8.11. The summed E-state index contributed by atoms with van der Waals surface area (Å²) in [5.41, 5.74) is 0.718. The summed E-state index contributed by atoms with van der Waals surface area (Å²) in [6.07, 6.45) is -1.18. The molecule has 6 rings (SSSR count). The van der Waals surface area contributed by atoms with Crippen LogP contribution in [0.5, 0.6) is 17.2 Å². The van der Waals surface area contributed by atoms with Crippen molar-refractivity contribution in [3.63, 3.8) is 0 Å². The van der Waals surface area contributed by atoms with Crippen LogP contribution < -0.4 is 9.47 Å². The summed E-state index contributed by atoms with van der Waals surface area (Å²) in [6, 6.07) is 16.5. The van der Waals surface area contributed by atoms with E-state index in [9.17, 15) is 9.90 Å². The predicted octanol–water partition coefficient (Wildman–Crippen LogP) is 3.13. The van der Waals surface area contributed by atoms with Gasteiger partial charge < -0.3 is 19.3 Å². The molecule has 2 unspecified atom stereocenters. The van der Waals surface area contributed by atoms with Crippen LogP contribution in [0.3, 0.4) is 0 Å². The van der Waals surface area contributed by atoms with E-state index in [-0.39, 0.29) is 17.1 Å². The van der Waals surface area contributed by atoms with Crippen molar-refractivity contribution in [1.29, 1.82) is 0 Å². The van der Waals surface area contributed by atoms with Gasteiger partial charge in [-0.05, 0) is 23.6 Å². The number of ether oxygens (including phenoxy) is 3. The number of carbonyl (C=O) groups is 1. The third-order valence-electron chi connectivity index (χ3n) is 5.14. The largest absolute Gasteiger partial charge is 0.507 e. The van der Waals surface area contributed by atoms with E-state index in [1.54, 1.807) is 12.1 Å². The molecule has 0 bridgehead atoms. The van der Waals surface area contributed by atoms with Crippen molar-refractivity contribution >= 4 is 16.6 Å². The number of Topliss-reactive ketones (excluding diaryl/α,β-unsaturated/α-hetero) is 1. The number of phenolic OH excluding ortho intramolecular Hbond substituents is 1. The van der Waals surface area contributed by atoms with Crippen molar-refractivity contribution in [1.82, 2.24) is 0 Å². The van der Waals surface area contributed by atoms with Crippen LogP contribution in [0.4, 0.5) is 0 Å². The van der Waals surface area contributed by atoms with Crippen LogP contribution in [0.25, 0.3) is 10.8 Å². The first-order chi connectivity index (χ1) is 12.2. The Morgan fingerprint density at radius 2 is 1.60 bits per heavy atom. The Morgan fingerprint density at radius 3 is 2.32 bits per heavy atom. The molecule has 2 aliphatic heterocycles. The average molecular weight is 332 g/mol. The Morgan fingerprint density at radius 1 is 0.920 bits per heavy atom. The highest BCUT2D eigenvalue weighted by molar-refractivity contribution is 6.07. The molecule has 122 valence electrons. The van der Waals surface area contributed by atoms with Gasteiger partial charge in [-0.3, -0.25) is 4.79 Å². The molecule has 1 N–H and O–H groups in total. The minimum absolute atomic E-state index is 0.0832. The highest BCUT2D eigenvalue weighted by Gasteiger charge is 2.69. The third-order valence-corrected chi connectivity index (χ3v) is 5.14. The molecule has 1 spiro atoms. The van der Waals surface area contributed by atoms with E-state index in [1.165, 1.54) is 6.07 Å². The van der Waals surface area contributed by atoms with Gasteiger partial charge in [-0.25, -0.2) is 0 Å². The van der Waals surface area contributed by atoms with Gasteiger partial charge in [-0.1, -0.05) is 36.4 Å². The van der Waals surface area contributed by atoms with Crippen molar-refractivity contribution in [3.8, 4) is 17.2 Å². The van der Waals surface area contributed by atoms with Crippen molar-refractivity contribution in [2.45, 2.75) is 18.0 Å². The average Bonchev–Trinajstić information content (AvgIpc) is 3.42. The van der Waals surface area contributed by atoms with Crippen molar-refractivity contribution in [2.75, 3.05) is 0 Å². The van der Waals surface area contributed by atoms with E-state index >= 15 is 0 Å². The Bertz CT molecular complexity index is 1050. The van der Waals surface area contributed by atoms with Gasteiger partial charge in [0.2, 0.25) is 0 Å². The summed E-state index contributed by atoms with van der Waals surface area (Å²) in [5.74, 6) is -0.225. The van der Waals surface area contributed by atoms with E-state index in [1.807, 2.05) is 36.4 Å². The summed E-state index contributed by atoms with van der Waals surface area (Å²) in [5, 5.41) is 12.1. The van der Waals surface area contributed by atoms with Gasteiger partial charge in [-0.2, -0.15) is 0 Å². The van der Waals surface area contributed by atoms with E-state index in [0.717, 1.165) is 10.8 Å². The van der Waals surface area contributed by atoms with E-state index < -0.39 is 18.0 Å². The SMILES string of the molecule is O=C1c2c(O)cccc2C2(Oc3cccc4cccc(c34)O2)C2OC12. The molecule has 0 saturated carbocycles. The molecule has 2 heterocycles. The summed E-state index contributed by atoms with van der Waals surface area (Å²) in [7, 11) is 0. The van der Waals surface area contributed by atoms with Gasteiger partial charge in [0.25, 0.3) is 0 Å². The number of benzene rings is 3. The molecule has 1 saturated heterocycles. The predicted molar refractivity (Wildman–Crippen MR) is 88.0 cm³/mol. The van der Waals surface area contributed by atoms with Gasteiger partial charge in [0.1, 0.15) is 17.2 Å². The number of aromatic hydroxyl groups is 1. The lowest BCUT2D eigenvalue weighted by Gasteiger charge is -2.40. The minimum Gasteiger partial charge on any atom is -0.507 e. The third kappa shape index (κ3) is 1.49. The Balaban J connectivity index is 1.65. The lowest BCUT2D eigenvalue weighted by Crippen LogP contribution is -2.51. The molecule has 1 aliphatic carbocycles. The highest BCUT2D eigenvalue weighted by Crippen LogP contribution is 2.55. The zero-order valence-electron chi connectivity index (χ0n) is 12.9. The second-order valence-electron chi connectivity index (χ2n) is 6.52. The molecule has 0 aromatic heterocycles. The summed E-state index contributed by atoms with van der Waals surface area (Å²) >= 11 is 0. The molecular weight excluding hydrogens is 320 g/mol. The number of hydrogen-bond donors (Lipinski definition) is 1. The minimum atomic E-state index is -1.27. The van der Waals surface area contributed by atoms with E-state index in [0.29, 0.717) is 17.1 Å². The monoisotopic (exact) mass is 332 g/mol. The van der Waals surface area contributed by atoms with Crippen molar-refractivity contribution < 1.29 is 24.1 Å². The molecule has 3 aromatic carbocycles. The molecule has 5 heteroatoms. The second kappa shape index (κ2) is 4.13. The first kappa shape index (κ1) is 13.3. The standard InChI is InChI=1S/C20H12O5/c21-12-7-3-6-11-16(12)17(22)18-19(23-18)20(11)24-13-8-1-4-10-5-2-9-14(25-20)15(10)13/h1-9,18-19,21H. The fourth-order valence-electron chi connectivity index (χ4n) is 4.00. The highest BCUT2D eigenvalue weighted by atomic mass is 16.8. The quantitative estimate of drug-likeness (QED) is 0.641. The number of rotatable bonds is 0. The van der Waals surface area contributed by atoms with Gasteiger partial charge in [-0.15, -0.1) is 0 Å². The van der Waals surface area contributed by atoms with Crippen LogP contribution in [0.1, 0.15) is 15.9 Å². The second-order valence-corrected chi connectivity index (χ2v) is 6.52. The molecule has 2 atom stereocenters. The van der Waals surface area contributed by atoms with Crippen LogP contribution in [0.2, 0.25) is 0 Å². The molecule has 0 amide bonds. The molecule has 3 aliphatic rings. The van der Waals surface area contributed by atoms with Crippen LogP contribution in [0, 0.1) is 0 Å². The number of phenols is 1. The Kier molecular flexibility index (Phi) is 2.19. The lowest BCUT2D eigenvalue weighted by molar-refractivity contribution is -0.145. The fourth-order valence-corrected chi connectivity index (χ4v) is 4.00. The van der Waals surface area contributed by atoms with Gasteiger partial charge in [0.05, 0.1) is 16.5 Å². The number of ketones is 1. The maximum atomic E-state index is 12.5. The Hall–Kier alpha value is -3.05. The van der Waals surface area contributed by atoms with Crippen molar-refractivity contribution in [2.24, 2.45) is 0 Å². The zero-order chi connectivity index (χ0) is 16.8. The Labute approximate surface area is 142 Å². The fraction of sp³-hybridized carbons (Fsp3) is 0.150. The van der Waals surface area contributed by atoms with Crippen LogP contribution in [-0.4, -0.2) is 23.1 Å². The molecule has 25 heavy (non-hydrogen) atoms. The van der Waals surface area contributed by atoms with Crippen LogP contribution in [-0.2, 0) is 10.5 Å². The normalized spacial score (nSPS) is 24.2. The number of epoxide rings is 1. The van der Waals surface area contributed by atoms with Gasteiger partial charge >= 0.3 is 5.79 Å². The number of fused-ring (bicyclic) bond motifs is 4. The van der Waals surface area contributed by atoms with Crippen LogP contribution >= 0.6 is 0 Å². The molecule has 0 radical (unpaired) electrons. The maximum Gasteiger partial charge on any atom is 0.308 e. The molecular formula is C20H12O5. The lowest BCUT2D eigenvalue weighted by atomic mass is 9.84. The van der Waals surface area contributed by atoms with Crippen molar-refractivity contribution in [3.05, 3.63) is 65.7 Å². The summed E-state index contributed by atoms with van der Waals surface area (Å²) in [4.78, 5) is 12.5. The molecule has 1 fully saturated rings. The summed E-state index contributed by atoms with van der Waals surface area (Å²) in [6.45, 7) is 0. The van der Waals surface area contributed by atoms with E-state index in [2.05, 4.69) is 0 Å². The molecule has 3 aromatic rings. The number of carbonyl (C=O) groups excluding carboxylic acids is 1. The molecule has 5 nitrogen and oxygen atoms in total. The zero-order valence-corrected chi connectivity index (χ0v) is 12.9. The van der Waals surface area contributed by atoms with E-state index in [4.69, 9.17) is 14.2 Å². The van der Waals surface area contributed by atoms with Gasteiger partial charge in [0, 0.05) is 0 Å². The summed E-state index contributed by atoms with van der Waals surface area (Å²) < 4.78 is 18.2. The number of hydrogen-bond acceptors (Lipinski definition) is 5. The first-order valence-electron chi connectivity index (χ1n) is 8.11. The smallest absolute Gasteiger partial charge is 0.308 e. The van der Waals surface area contributed by atoms with Crippen LogP contribution in [0.15, 0.2) is 54.6 Å². The maximum absolute atomic E-state index is 12.5. The van der Waals surface area contributed by atoms with Gasteiger partial charge in [0.15, 0.2) is 18.0 Å². The topological polar surface area (TPSA) is 68.3 Å².